The summed E-state index contributed by atoms with van der Waals surface area (Å²) in [6.07, 6.45) is 0.693. The maximum absolute atomic E-state index is 12.9. The summed E-state index contributed by atoms with van der Waals surface area (Å²) >= 11 is 0. The minimum Gasteiger partial charge on any atom is -0.249 e. The van der Waals surface area contributed by atoms with Crippen LogP contribution in [0.4, 0.5) is 5.82 Å². The summed E-state index contributed by atoms with van der Waals surface area (Å²) in [5, 5.41) is 1.06. The summed E-state index contributed by atoms with van der Waals surface area (Å²) in [5.74, 6) is 0.565. The molecule has 0 radical (unpaired) electrons. The number of aryl methyl sites for hydroxylation is 1. The van der Waals surface area contributed by atoms with Crippen LogP contribution in [0.1, 0.15) is 11.1 Å². The van der Waals surface area contributed by atoms with Crippen molar-refractivity contribution in [2.24, 2.45) is 0 Å². The molecule has 1 aliphatic rings. The van der Waals surface area contributed by atoms with Crippen LogP contribution in [0.25, 0.3) is 10.9 Å². The number of nitrogens with zero attached hydrogens (tertiary/aromatic N) is 2. The normalized spacial score (nSPS) is 14.2. The molecule has 5 heteroatoms. The molecule has 2 heterocycles. The van der Waals surface area contributed by atoms with E-state index in [1.807, 2.05) is 31.2 Å². The van der Waals surface area contributed by atoms with Crippen LogP contribution in [-0.2, 0) is 16.4 Å². The van der Waals surface area contributed by atoms with Gasteiger partial charge in [0.15, 0.2) is 0 Å². The van der Waals surface area contributed by atoms with Gasteiger partial charge in [0.2, 0.25) is 0 Å². The summed E-state index contributed by atoms with van der Waals surface area (Å²) in [6, 6.07) is 16.6. The number of para-hydroxylation sites is 1. The molecular weight excluding hydrogens is 308 g/mol. The lowest BCUT2D eigenvalue weighted by Crippen LogP contribution is -2.29. The fourth-order valence-electron chi connectivity index (χ4n) is 3.06. The molecule has 0 fully saturated rings. The molecule has 4 rings (SSSR count). The molecule has 116 valence electrons. The Hall–Kier alpha value is -2.40. The van der Waals surface area contributed by atoms with E-state index in [4.69, 9.17) is 0 Å². The minimum absolute atomic E-state index is 0.305. The average molecular weight is 324 g/mol. The van der Waals surface area contributed by atoms with E-state index >= 15 is 0 Å². The van der Waals surface area contributed by atoms with Gasteiger partial charge in [0.25, 0.3) is 10.0 Å². The van der Waals surface area contributed by atoms with Crippen LogP contribution in [0.5, 0.6) is 0 Å². The molecule has 0 amide bonds. The van der Waals surface area contributed by atoms with Crippen molar-refractivity contribution in [1.82, 2.24) is 4.98 Å². The second-order valence-corrected chi connectivity index (χ2v) is 7.62. The Bertz CT molecular complexity index is 998. The van der Waals surface area contributed by atoms with Crippen molar-refractivity contribution in [3.8, 4) is 0 Å². The Morgan fingerprint density at radius 2 is 1.83 bits per heavy atom. The van der Waals surface area contributed by atoms with Crippen LogP contribution in [0.15, 0.2) is 59.5 Å². The van der Waals surface area contributed by atoms with Gasteiger partial charge in [0, 0.05) is 11.9 Å². The summed E-state index contributed by atoms with van der Waals surface area (Å²) in [6.45, 7) is 2.43. The van der Waals surface area contributed by atoms with Crippen LogP contribution in [0.2, 0.25) is 0 Å². The van der Waals surface area contributed by atoms with Crippen molar-refractivity contribution >= 4 is 26.7 Å². The van der Waals surface area contributed by atoms with Gasteiger partial charge in [-0.1, -0.05) is 36.4 Å². The molecule has 0 unspecified atom stereocenters. The Balaban J connectivity index is 1.89. The molecule has 1 aliphatic heterocycles. The lowest BCUT2D eigenvalue weighted by Gasteiger charge is -2.19. The molecule has 4 nitrogen and oxygen atoms in total. The molecule has 0 spiro atoms. The predicted molar refractivity (Wildman–Crippen MR) is 91.2 cm³/mol. The van der Waals surface area contributed by atoms with E-state index in [1.54, 1.807) is 24.3 Å². The first kappa shape index (κ1) is 14.2. The van der Waals surface area contributed by atoms with Gasteiger partial charge in [0.1, 0.15) is 5.82 Å². The Labute approximate surface area is 135 Å². The SMILES string of the molecule is Cc1cccc2cc3c(nc12)N(S(=O)(=O)c1ccccc1)CC3. The zero-order chi connectivity index (χ0) is 16.0. The molecular formula is C18H16N2O2S. The fraction of sp³-hybridized carbons (Fsp3) is 0.167. The number of anilines is 1. The van der Waals surface area contributed by atoms with Crippen molar-refractivity contribution in [3.05, 3.63) is 65.7 Å². The average Bonchev–Trinajstić information content (AvgIpc) is 2.98. The number of hydrogen-bond acceptors (Lipinski definition) is 3. The topological polar surface area (TPSA) is 50.3 Å². The lowest BCUT2D eigenvalue weighted by atomic mass is 10.1. The highest BCUT2D eigenvalue weighted by molar-refractivity contribution is 7.92. The third-order valence-corrected chi connectivity index (χ3v) is 6.06. The smallest absolute Gasteiger partial charge is 0.249 e. The molecule has 0 atom stereocenters. The van der Waals surface area contributed by atoms with Crippen LogP contribution in [-0.4, -0.2) is 19.9 Å². The largest absolute Gasteiger partial charge is 0.265 e. The van der Waals surface area contributed by atoms with E-state index in [0.717, 1.165) is 22.0 Å². The summed E-state index contributed by atoms with van der Waals surface area (Å²) in [4.78, 5) is 4.98. The molecule has 1 aromatic heterocycles. The van der Waals surface area contributed by atoms with E-state index in [0.29, 0.717) is 23.7 Å². The van der Waals surface area contributed by atoms with Gasteiger partial charge in [-0.25, -0.2) is 17.7 Å². The monoisotopic (exact) mass is 324 g/mol. The molecule has 23 heavy (non-hydrogen) atoms. The third kappa shape index (κ3) is 2.19. The fourth-order valence-corrected chi connectivity index (χ4v) is 4.54. The highest BCUT2D eigenvalue weighted by Gasteiger charge is 2.32. The van der Waals surface area contributed by atoms with E-state index in [9.17, 15) is 8.42 Å². The van der Waals surface area contributed by atoms with E-state index in [2.05, 4.69) is 11.1 Å². The van der Waals surface area contributed by atoms with Gasteiger partial charge in [-0.2, -0.15) is 0 Å². The molecule has 0 saturated heterocycles. The first-order chi connectivity index (χ1) is 11.1. The van der Waals surface area contributed by atoms with Crippen molar-refractivity contribution in [1.29, 1.82) is 0 Å². The first-order valence-electron chi connectivity index (χ1n) is 7.54. The Morgan fingerprint density at radius 1 is 1.04 bits per heavy atom. The molecule has 0 saturated carbocycles. The lowest BCUT2D eigenvalue weighted by molar-refractivity contribution is 0.592. The summed E-state index contributed by atoms with van der Waals surface area (Å²) in [7, 11) is -3.56. The van der Waals surface area contributed by atoms with E-state index in [-0.39, 0.29) is 0 Å². The molecule has 2 aromatic carbocycles. The molecule has 0 N–H and O–H groups in total. The first-order valence-corrected chi connectivity index (χ1v) is 8.98. The van der Waals surface area contributed by atoms with E-state index < -0.39 is 10.0 Å². The number of fused-ring (bicyclic) bond motifs is 2. The van der Waals surface area contributed by atoms with Crippen molar-refractivity contribution in [3.63, 3.8) is 0 Å². The van der Waals surface area contributed by atoms with Gasteiger partial charge >= 0.3 is 0 Å². The number of aromatic nitrogens is 1. The second kappa shape index (κ2) is 5.06. The zero-order valence-electron chi connectivity index (χ0n) is 12.7. The number of benzene rings is 2. The number of pyridine rings is 1. The minimum atomic E-state index is -3.56. The van der Waals surface area contributed by atoms with Crippen LogP contribution in [0.3, 0.4) is 0 Å². The number of sulfonamides is 1. The van der Waals surface area contributed by atoms with Crippen LogP contribution < -0.4 is 4.31 Å². The maximum Gasteiger partial charge on any atom is 0.265 e. The number of hydrogen-bond donors (Lipinski definition) is 0. The standard InChI is InChI=1S/C18H16N2O2S/c1-13-6-5-7-14-12-15-10-11-20(18(15)19-17(13)14)23(21,22)16-8-3-2-4-9-16/h2-9,12H,10-11H2,1H3. The Kier molecular flexibility index (Phi) is 3.13. The van der Waals surface area contributed by atoms with E-state index in [1.165, 1.54) is 4.31 Å². The van der Waals surface area contributed by atoms with Gasteiger partial charge in [-0.15, -0.1) is 0 Å². The van der Waals surface area contributed by atoms with Crippen LogP contribution in [0, 0.1) is 6.92 Å². The number of rotatable bonds is 2. The van der Waals surface area contributed by atoms with Crippen molar-refractivity contribution in [2.45, 2.75) is 18.2 Å². The van der Waals surface area contributed by atoms with Gasteiger partial charge in [-0.05, 0) is 42.7 Å². The Morgan fingerprint density at radius 3 is 2.61 bits per heavy atom. The molecule has 0 bridgehead atoms. The van der Waals surface area contributed by atoms with Gasteiger partial charge in [-0.3, -0.25) is 0 Å². The molecule has 0 aliphatic carbocycles. The highest BCUT2D eigenvalue weighted by atomic mass is 32.2. The van der Waals surface area contributed by atoms with Crippen LogP contribution >= 0.6 is 0 Å². The summed E-state index contributed by atoms with van der Waals surface area (Å²) < 4.78 is 27.2. The zero-order valence-corrected chi connectivity index (χ0v) is 13.5. The van der Waals surface area contributed by atoms with Crippen molar-refractivity contribution < 1.29 is 8.42 Å². The molecule has 3 aromatic rings. The van der Waals surface area contributed by atoms with Gasteiger partial charge < -0.3 is 0 Å². The maximum atomic E-state index is 12.9. The summed E-state index contributed by atoms with van der Waals surface area (Å²) in [5.41, 5.74) is 2.90. The highest BCUT2D eigenvalue weighted by Crippen LogP contribution is 2.34. The predicted octanol–water partition coefficient (Wildman–Crippen LogP) is 3.29. The third-order valence-electron chi connectivity index (χ3n) is 4.26. The quantitative estimate of drug-likeness (QED) is 0.727. The second-order valence-electron chi connectivity index (χ2n) is 5.76. The van der Waals surface area contributed by atoms with Gasteiger partial charge in [0.05, 0.1) is 10.4 Å². The van der Waals surface area contributed by atoms with Crippen molar-refractivity contribution in [2.75, 3.05) is 10.8 Å².